The van der Waals surface area contributed by atoms with E-state index < -0.39 is 5.97 Å². The van der Waals surface area contributed by atoms with Crippen LogP contribution in [0.2, 0.25) is 0 Å². The smallest absolute Gasteiger partial charge is 0.379 e. The molecule has 0 radical (unpaired) electrons. The van der Waals surface area contributed by atoms with E-state index in [-0.39, 0.29) is 11.4 Å². The zero-order valence-electron chi connectivity index (χ0n) is 9.82. The molecule has 0 unspecified atom stereocenters. The van der Waals surface area contributed by atoms with Crippen LogP contribution in [0.1, 0.15) is 43.7 Å². The summed E-state index contributed by atoms with van der Waals surface area (Å²) in [6.07, 6.45) is 1.26. The largest absolute Gasteiger partial charge is 0.460 e. The van der Waals surface area contributed by atoms with E-state index >= 15 is 0 Å². The van der Waals surface area contributed by atoms with Crippen LogP contribution in [-0.4, -0.2) is 28.3 Å². The van der Waals surface area contributed by atoms with Gasteiger partial charge in [-0.25, -0.2) is 4.79 Å². The molecular weight excluding hydrogens is 210 g/mol. The van der Waals surface area contributed by atoms with Crippen molar-refractivity contribution in [1.82, 2.24) is 10.1 Å². The van der Waals surface area contributed by atoms with Crippen LogP contribution in [0.3, 0.4) is 0 Å². The lowest BCUT2D eigenvalue weighted by Crippen LogP contribution is -2.32. The first kappa shape index (κ1) is 12.6. The van der Waals surface area contributed by atoms with E-state index in [1.54, 1.807) is 6.92 Å². The van der Waals surface area contributed by atoms with Crippen molar-refractivity contribution in [1.29, 1.82) is 0 Å². The van der Waals surface area contributed by atoms with Gasteiger partial charge in [0.15, 0.2) is 0 Å². The van der Waals surface area contributed by atoms with Crippen molar-refractivity contribution in [3.05, 3.63) is 11.7 Å². The van der Waals surface area contributed by atoms with Gasteiger partial charge in [0.25, 0.3) is 5.82 Å². The number of carbonyl (C=O) groups is 1. The molecule has 1 rings (SSSR count). The zero-order valence-corrected chi connectivity index (χ0v) is 9.82. The quantitative estimate of drug-likeness (QED) is 0.752. The van der Waals surface area contributed by atoms with E-state index in [0.717, 1.165) is 0 Å². The van der Waals surface area contributed by atoms with E-state index in [0.29, 0.717) is 25.3 Å². The van der Waals surface area contributed by atoms with Gasteiger partial charge in [-0.3, -0.25) is 0 Å². The van der Waals surface area contributed by atoms with Crippen LogP contribution >= 0.6 is 0 Å². The molecule has 0 aliphatic heterocycles. The van der Waals surface area contributed by atoms with E-state index in [9.17, 15) is 4.79 Å². The number of rotatable bonds is 5. The molecule has 1 heterocycles. The molecule has 0 bridgehead atoms. The van der Waals surface area contributed by atoms with Gasteiger partial charge in [-0.1, -0.05) is 0 Å². The number of ether oxygens (including phenoxy) is 1. The predicted octanol–water partition coefficient (Wildman–Crippen LogP) is 0.916. The van der Waals surface area contributed by atoms with Gasteiger partial charge < -0.3 is 15.0 Å². The lowest BCUT2D eigenvalue weighted by atomic mass is 10.0. The van der Waals surface area contributed by atoms with Crippen LogP contribution in [0.5, 0.6) is 0 Å². The second-order valence-electron chi connectivity index (χ2n) is 4.22. The molecule has 0 aliphatic rings. The molecule has 1 aromatic rings. The summed E-state index contributed by atoms with van der Waals surface area (Å²) in [5.41, 5.74) is 5.52. The van der Waals surface area contributed by atoms with Crippen molar-refractivity contribution in [3.8, 4) is 0 Å². The Balaban J connectivity index is 2.55. The number of carbonyl (C=O) groups excluding carboxylic acids is 1. The summed E-state index contributed by atoms with van der Waals surface area (Å²) in [5, 5.41) is 3.53. The highest BCUT2D eigenvalue weighted by Crippen LogP contribution is 2.09. The third-order valence-electron chi connectivity index (χ3n) is 1.91. The number of hydrogen-bond donors (Lipinski definition) is 1. The summed E-state index contributed by atoms with van der Waals surface area (Å²) in [6, 6.07) is 0. The third-order valence-corrected chi connectivity index (χ3v) is 1.91. The van der Waals surface area contributed by atoms with Crippen molar-refractivity contribution in [3.63, 3.8) is 0 Å². The molecule has 0 atom stereocenters. The fraction of sp³-hybridized carbons (Fsp3) is 0.700. The van der Waals surface area contributed by atoms with Crippen molar-refractivity contribution < 1.29 is 14.1 Å². The van der Waals surface area contributed by atoms with Crippen LogP contribution in [0.25, 0.3) is 0 Å². The number of hydrogen-bond acceptors (Lipinski definition) is 6. The van der Waals surface area contributed by atoms with Gasteiger partial charge in [0, 0.05) is 12.0 Å². The van der Waals surface area contributed by atoms with E-state index in [1.165, 1.54) is 0 Å². The normalized spacial score (nSPS) is 11.5. The van der Waals surface area contributed by atoms with Gasteiger partial charge in [0.1, 0.15) is 0 Å². The molecule has 90 valence electrons. The highest BCUT2D eigenvalue weighted by molar-refractivity contribution is 5.84. The van der Waals surface area contributed by atoms with Gasteiger partial charge in [0.05, 0.1) is 6.61 Å². The Kier molecular flexibility index (Phi) is 4.00. The SMILES string of the molecule is CCOC(=O)c1noc(CCC(C)(C)N)n1. The monoisotopic (exact) mass is 227 g/mol. The molecule has 0 saturated carbocycles. The number of aromatic nitrogens is 2. The third kappa shape index (κ3) is 3.98. The number of nitrogens with zero attached hydrogens (tertiary/aromatic N) is 2. The maximum atomic E-state index is 11.2. The highest BCUT2D eigenvalue weighted by atomic mass is 16.5. The van der Waals surface area contributed by atoms with Gasteiger partial charge in [0.2, 0.25) is 5.89 Å². The molecule has 0 fully saturated rings. The molecule has 0 aliphatic carbocycles. The number of esters is 1. The average molecular weight is 227 g/mol. The Labute approximate surface area is 94.2 Å². The van der Waals surface area contributed by atoms with Crippen molar-refractivity contribution >= 4 is 5.97 Å². The van der Waals surface area contributed by atoms with Crippen LogP contribution < -0.4 is 5.73 Å². The average Bonchev–Trinajstić information content (AvgIpc) is 2.62. The van der Waals surface area contributed by atoms with Crippen molar-refractivity contribution in [2.24, 2.45) is 5.73 Å². The maximum absolute atomic E-state index is 11.2. The first-order valence-corrected chi connectivity index (χ1v) is 5.21. The highest BCUT2D eigenvalue weighted by Gasteiger charge is 2.17. The molecule has 0 spiro atoms. The van der Waals surface area contributed by atoms with Gasteiger partial charge in [-0.15, -0.1) is 0 Å². The summed E-state index contributed by atoms with van der Waals surface area (Å²) in [6.45, 7) is 5.83. The molecule has 6 nitrogen and oxygen atoms in total. The predicted molar refractivity (Wildman–Crippen MR) is 56.8 cm³/mol. The fourth-order valence-corrected chi connectivity index (χ4v) is 1.06. The van der Waals surface area contributed by atoms with Crippen LogP contribution in [0.15, 0.2) is 4.52 Å². The molecule has 0 amide bonds. The second kappa shape index (κ2) is 5.07. The molecule has 0 saturated heterocycles. The lowest BCUT2D eigenvalue weighted by molar-refractivity contribution is 0.0508. The van der Waals surface area contributed by atoms with Crippen LogP contribution in [-0.2, 0) is 11.2 Å². The summed E-state index contributed by atoms with van der Waals surface area (Å²) >= 11 is 0. The fourth-order valence-electron chi connectivity index (χ4n) is 1.06. The van der Waals surface area contributed by atoms with Crippen molar-refractivity contribution in [2.45, 2.75) is 39.2 Å². The van der Waals surface area contributed by atoms with E-state index in [1.807, 2.05) is 13.8 Å². The van der Waals surface area contributed by atoms with Gasteiger partial charge >= 0.3 is 5.97 Å². The maximum Gasteiger partial charge on any atom is 0.379 e. The Morgan fingerprint density at radius 2 is 2.25 bits per heavy atom. The Bertz CT molecular complexity index is 354. The molecule has 0 aromatic carbocycles. The standard InChI is InChI=1S/C10H17N3O3/c1-4-15-9(14)8-12-7(16-13-8)5-6-10(2,3)11/h4-6,11H2,1-3H3. The molecule has 1 aromatic heterocycles. The van der Waals surface area contributed by atoms with Crippen molar-refractivity contribution in [2.75, 3.05) is 6.61 Å². The molecular formula is C10H17N3O3. The van der Waals surface area contributed by atoms with E-state index in [4.69, 9.17) is 15.0 Å². The minimum Gasteiger partial charge on any atom is -0.460 e. The first-order valence-electron chi connectivity index (χ1n) is 5.21. The van der Waals surface area contributed by atoms with Gasteiger partial charge in [-0.2, -0.15) is 4.98 Å². The Hall–Kier alpha value is -1.43. The zero-order chi connectivity index (χ0) is 12.2. The van der Waals surface area contributed by atoms with Gasteiger partial charge in [-0.05, 0) is 32.3 Å². The summed E-state index contributed by atoms with van der Waals surface area (Å²) in [4.78, 5) is 15.2. The topological polar surface area (TPSA) is 91.2 Å². The summed E-state index contributed by atoms with van der Waals surface area (Å²) < 4.78 is 9.65. The second-order valence-corrected chi connectivity index (χ2v) is 4.22. The molecule has 6 heteroatoms. The minimum absolute atomic E-state index is 0.0355. The Morgan fingerprint density at radius 1 is 1.56 bits per heavy atom. The number of aryl methyl sites for hydroxylation is 1. The molecule has 16 heavy (non-hydrogen) atoms. The molecule has 2 N–H and O–H groups in total. The Morgan fingerprint density at radius 3 is 2.81 bits per heavy atom. The summed E-state index contributed by atoms with van der Waals surface area (Å²) in [7, 11) is 0. The minimum atomic E-state index is -0.565. The lowest BCUT2D eigenvalue weighted by Gasteiger charge is -2.16. The van der Waals surface area contributed by atoms with Crippen LogP contribution in [0, 0.1) is 0 Å². The summed E-state index contributed by atoms with van der Waals surface area (Å²) in [5.74, 6) is -0.197. The number of nitrogens with two attached hydrogens (primary N) is 1. The van der Waals surface area contributed by atoms with Crippen LogP contribution in [0.4, 0.5) is 0 Å². The first-order chi connectivity index (χ1) is 7.42. The van der Waals surface area contributed by atoms with E-state index in [2.05, 4.69) is 10.1 Å².